The molecule has 0 radical (unpaired) electrons. The Bertz CT molecular complexity index is 338. The van der Waals surface area contributed by atoms with E-state index in [1.807, 2.05) is 18.2 Å². The molecule has 15 heavy (non-hydrogen) atoms. The molecule has 0 aromatic heterocycles. The SMILES string of the molecule is COC(=O)[C@H](N)Cc1ccccc1CO. The van der Waals surface area contributed by atoms with Crippen molar-refractivity contribution in [2.75, 3.05) is 7.11 Å². The second-order valence-corrected chi connectivity index (χ2v) is 3.26. The summed E-state index contributed by atoms with van der Waals surface area (Å²) in [6, 6.07) is 6.65. The molecule has 0 aliphatic carbocycles. The number of hydrogen-bond acceptors (Lipinski definition) is 4. The highest BCUT2D eigenvalue weighted by molar-refractivity contribution is 5.75. The smallest absolute Gasteiger partial charge is 0.322 e. The number of carbonyl (C=O) groups is 1. The van der Waals surface area contributed by atoms with Gasteiger partial charge in [-0.3, -0.25) is 4.79 Å². The zero-order chi connectivity index (χ0) is 11.3. The van der Waals surface area contributed by atoms with Crippen LogP contribution < -0.4 is 5.73 Å². The third-order valence-electron chi connectivity index (χ3n) is 2.23. The lowest BCUT2D eigenvalue weighted by atomic mass is 10.0. The number of rotatable bonds is 4. The van der Waals surface area contributed by atoms with Gasteiger partial charge in [0, 0.05) is 0 Å². The van der Waals surface area contributed by atoms with Crippen LogP contribution in [0.1, 0.15) is 11.1 Å². The summed E-state index contributed by atoms with van der Waals surface area (Å²) in [6.07, 6.45) is 0.378. The predicted molar refractivity (Wildman–Crippen MR) is 56.1 cm³/mol. The number of ether oxygens (including phenoxy) is 1. The first-order chi connectivity index (χ1) is 7.19. The first kappa shape index (κ1) is 11.7. The minimum Gasteiger partial charge on any atom is -0.468 e. The monoisotopic (exact) mass is 209 g/mol. The molecule has 0 unspecified atom stereocenters. The highest BCUT2D eigenvalue weighted by Gasteiger charge is 2.15. The Morgan fingerprint density at radius 3 is 2.60 bits per heavy atom. The van der Waals surface area contributed by atoms with E-state index in [9.17, 15) is 4.79 Å². The van der Waals surface area contributed by atoms with Crippen molar-refractivity contribution in [3.63, 3.8) is 0 Å². The number of esters is 1. The third-order valence-corrected chi connectivity index (χ3v) is 2.23. The molecule has 0 amide bonds. The molecule has 4 heteroatoms. The molecule has 0 aliphatic rings. The first-order valence-corrected chi connectivity index (χ1v) is 4.70. The van der Waals surface area contributed by atoms with Crippen LogP contribution in [-0.2, 0) is 22.6 Å². The molecule has 0 fully saturated rings. The van der Waals surface area contributed by atoms with E-state index < -0.39 is 12.0 Å². The Labute approximate surface area is 88.7 Å². The number of methoxy groups -OCH3 is 1. The standard InChI is InChI=1S/C11H15NO3/c1-15-11(14)10(12)6-8-4-2-3-5-9(8)7-13/h2-5,10,13H,6-7,12H2,1H3/t10-/m1/s1. The van der Waals surface area contributed by atoms with E-state index in [2.05, 4.69) is 4.74 Å². The maximum Gasteiger partial charge on any atom is 0.322 e. The van der Waals surface area contributed by atoms with Gasteiger partial charge in [-0.15, -0.1) is 0 Å². The lowest BCUT2D eigenvalue weighted by Gasteiger charge is -2.11. The molecule has 4 nitrogen and oxygen atoms in total. The fourth-order valence-electron chi connectivity index (χ4n) is 1.38. The number of aliphatic hydroxyl groups excluding tert-OH is 1. The average molecular weight is 209 g/mol. The highest BCUT2D eigenvalue weighted by Crippen LogP contribution is 2.10. The van der Waals surface area contributed by atoms with Gasteiger partial charge >= 0.3 is 5.97 Å². The summed E-state index contributed by atoms with van der Waals surface area (Å²) in [5, 5.41) is 9.07. The summed E-state index contributed by atoms with van der Waals surface area (Å²) in [6.45, 7) is -0.0515. The quantitative estimate of drug-likeness (QED) is 0.696. The summed E-state index contributed by atoms with van der Waals surface area (Å²) < 4.78 is 4.53. The Balaban J connectivity index is 2.75. The van der Waals surface area contributed by atoms with E-state index in [-0.39, 0.29) is 6.61 Å². The fourth-order valence-corrected chi connectivity index (χ4v) is 1.38. The number of aliphatic hydroxyl groups is 1. The first-order valence-electron chi connectivity index (χ1n) is 4.70. The van der Waals surface area contributed by atoms with E-state index in [0.29, 0.717) is 6.42 Å². The molecule has 0 saturated carbocycles. The van der Waals surface area contributed by atoms with Crippen molar-refractivity contribution in [3.8, 4) is 0 Å². The molecule has 0 spiro atoms. The zero-order valence-electron chi connectivity index (χ0n) is 8.64. The van der Waals surface area contributed by atoms with Gasteiger partial charge in [0.2, 0.25) is 0 Å². The topological polar surface area (TPSA) is 72.5 Å². The summed E-state index contributed by atoms with van der Waals surface area (Å²) in [5.41, 5.74) is 7.29. The van der Waals surface area contributed by atoms with Crippen LogP contribution in [0, 0.1) is 0 Å². The van der Waals surface area contributed by atoms with Gasteiger partial charge in [0.15, 0.2) is 0 Å². The Morgan fingerprint density at radius 1 is 1.47 bits per heavy atom. The van der Waals surface area contributed by atoms with Crippen LogP contribution in [0.4, 0.5) is 0 Å². The summed E-state index contributed by atoms with van der Waals surface area (Å²) in [4.78, 5) is 11.1. The minimum absolute atomic E-state index is 0.0515. The van der Waals surface area contributed by atoms with Gasteiger partial charge in [-0.25, -0.2) is 0 Å². The number of carbonyl (C=O) groups excluding carboxylic acids is 1. The van der Waals surface area contributed by atoms with Crippen molar-refractivity contribution in [1.82, 2.24) is 0 Å². The largest absolute Gasteiger partial charge is 0.468 e. The summed E-state index contributed by atoms with van der Waals surface area (Å²) in [7, 11) is 1.31. The predicted octanol–water partition coefficient (Wildman–Crippen LogP) is 0.222. The zero-order valence-corrected chi connectivity index (χ0v) is 8.64. The molecule has 1 atom stereocenters. The Morgan fingerprint density at radius 2 is 2.07 bits per heavy atom. The van der Waals surface area contributed by atoms with Crippen LogP contribution in [0.2, 0.25) is 0 Å². The van der Waals surface area contributed by atoms with Gasteiger partial charge in [0.25, 0.3) is 0 Å². The van der Waals surface area contributed by atoms with Crippen LogP contribution in [0.5, 0.6) is 0 Å². The molecule has 1 aromatic carbocycles. The van der Waals surface area contributed by atoms with Crippen molar-refractivity contribution >= 4 is 5.97 Å². The van der Waals surface area contributed by atoms with Crippen molar-refractivity contribution in [2.45, 2.75) is 19.1 Å². The summed E-state index contributed by atoms with van der Waals surface area (Å²) >= 11 is 0. The van der Waals surface area contributed by atoms with E-state index in [1.54, 1.807) is 6.07 Å². The highest BCUT2D eigenvalue weighted by atomic mass is 16.5. The molecule has 82 valence electrons. The van der Waals surface area contributed by atoms with Crippen molar-refractivity contribution in [1.29, 1.82) is 0 Å². The number of nitrogens with two attached hydrogens (primary N) is 1. The minimum atomic E-state index is -0.678. The number of benzene rings is 1. The van der Waals surface area contributed by atoms with Gasteiger partial charge in [-0.05, 0) is 17.5 Å². The molecule has 0 heterocycles. The van der Waals surface area contributed by atoms with Crippen LogP contribution in [0.15, 0.2) is 24.3 Å². The van der Waals surface area contributed by atoms with Crippen LogP contribution in [0.3, 0.4) is 0 Å². The van der Waals surface area contributed by atoms with Crippen molar-refractivity contribution in [2.24, 2.45) is 5.73 Å². The molecule has 0 saturated heterocycles. The van der Waals surface area contributed by atoms with E-state index >= 15 is 0 Å². The Hall–Kier alpha value is -1.39. The molecular weight excluding hydrogens is 194 g/mol. The average Bonchev–Trinajstić information content (AvgIpc) is 2.28. The van der Waals surface area contributed by atoms with E-state index in [1.165, 1.54) is 7.11 Å². The Kier molecular flexibility index (Phi) is 4.27. The van der Waals surface area contributed by atoms with E-state index in [4.69, 9.17) is 10.8 Å². The molecule has 0 bridgehead atoms. The van der Waals surface area contributed by atoms with E-state index in [0.717, 1.165) is 11.1 Å². The third kappa shape index (κ3) is 3.04. The maximum absolute atomic E-state index is 11.1. The number of hydrogen-bond donors (Lipinski definition) is 2. The molecule has 1 rings (SSSR count). The second kappa shape index (κ2) is 5.48. The van der Waals surface area contributed by atoms with Crippen LogP contribution in [-0.4, -0.2) is 24.2 Å². The molecule has 0 aliphatic heterocycles. The van der Waals surface area contributed by atoms with Gasteiger partial charge in [-0.2, -0.15) is 0 Å². The molecule has 3 N–H and O–H groups in total. The lowest BCUT2D eigenvalue weighted by Crippen LogP contribution is -2.33. The van der Waals surface area contributed by atoms with Gasteiger partial charge in [0.1, 0.15) is 6.04 Å². The lowest BCUT2D eigenvalue weighted by molar-refractivity contribution is -0.142. The van der Waals surface area contributed by atoms with Gasteiger partial charge < -0.3 is 15.6 Å². The van der Waals surface area contributed by atoms with Gasteiger partial charge in [-0.1, -0.05) is 24.3 Å². The summed E-state index contributed by atoms with van der Waals surface area (Å²) in [5.74, 6) is -0.442. The van der Waals surface area contributed by atoms with Crippen LogP contribution in [0.25, 0.3) is 0 Å². The van der Waals surface area contributed by atoms with Crippen LogP contribution >= 0.6 is 0 Å². The maximum atomic E-state index is 11.1. The van der Waals surface area contributed by atoms with Crippen molar-refractivity contribution in [3.05, 3.63) is 35.4 Å². The fraction of sp³-hybridized carbons (Fsp3) is 0.364. The van der Waals surface area contributed by atoms with Crippen molar-refractivity contribution < 1.29 is 14.6 Å². The van der Waals surface area contributed by atoms with Gasteiger partial charge in [0.05, 0.1) is 13.7 Å². The normalized spacial score (nSPS) is 12.2. The second-order valence-electron chi connectivity index (χ2n) is 3.26. The molecular formula is C11H15NO3. The molecule has 1 aromatic rings.